The largest absolute Gasteiger partial charge is 0.368 e. The molecule has 0 atom stereocenters. The van der Waals surface area contributed by atoms with Gasteiger partial charge < -0.3 is 5.73 Å². The van der Waals surface area contributed by atoms with Crippen molar-refractivity contribution in [2.24, 2.45) is 5.73 Å². The highest BCUT2D eigenvalue weighted by atomic mass is 35.5. The molecule has 0 radical (unpaired) electrons. The van der Waals surface area contributed by atoms with Gasteiger partial charge in [-0.3, -0.25) is 14.6 Å². The number of fused-ring (bicyclic) bond motifs is 1. The molecule has 1 aliphatic rings. The number of urea groups is 1. The van der Waals surface area contributed by atoms with Crippen molar-refractivity contribution < 1.29 is 9.59 Å². The molecule has 0 spiro atoms. The maximum Gasteiger partial charge on any atom is 0.331 e. The highest BCUT2D eigenvalue weighted by molar-refractivity contribution is 7.98. The number of thioether (sulfide) groups is 1. The highest BCUT2D eigenvalue weighted by Gasteiger charge is 2.45. The molecule has 164 valence electrons. The first-order valence-corrected chi connectivity index (χ1v) is 11.3. The van der Waals surface area contributed by atoms with Gasteiger partial charge in [-0.15, -0.1) is 0 Å². The van der Waals surface area contributed by atoms with E-state index in [9.17, 15) is 9.59 Å². The van der Waals surface area contributed by atoms with Crippen molar-refractivity contribution in [1.82, 2.24) is 9.97 Å². The number of hydrogen-bond acceptors (Lipinski definition) is 5. The molecular formula is C23H22ClN5O2S. The summed E-state index contributed by atoms with van der Waals surface area (Å²) in [6.07, 6.45) is 1.69. The fourth-order valence-corrected chi connectivity index (χ4v) is 4.41. The lowest BCUT2D eigenvalue weighted by atomic mass is 10.00. The van der Waals surface area contributed by atoms with E-state index in [4.69, 9.17) is 17.3 Å². The molecule has 4 rings (SSSR count). The van der Waals surface area contributed by atoms with E-state index in [2.05, 4.69) is 9.97 Å². The van der Waals surface area contributed by atoms with Gasteiger partial charge in [-0.25, -0.2) is 14.8 Å². The molecule has 3 amide bonds. The van der Waals surface area contributed by atoms with Gasteiger partial charge in [-0.1, -0.05) is 65.8 Å². The van der Waals surface area contributed by atoms with Crippen molar-refractivity contribution in [3.63, 3.8) is 0 Å². The van der Waals surface area contributed by atoms with Gasteiger partial charge in [0, 0.05) is 17.5 Å². The quantitative estimate of drug-likeness (QED) is 0.421. The number of hydrogen-bond donors (Lipinski definition) is 1. The van der Waals surface area contributed by atoms with E-state index < -0.39 is 17.5 Å². The standard InChI is InChI=1S/C23H22ClN5O2S/c1-23(2,20(25)30)29-19-16(13-28(22(29)31)18-11-7-6-10-17(18)24)12-26-21(27-19)32-14-15-8-4-3-5-9-15/h3-12H,13-14H2,1-2H3,(H2,25,30). The van der Waals surface area contributed by atoms with Crippen molar-refractivity contribution in [3.8, 4) is 0 Å². The van der Waals surface area contributed by atoms with E-state index in [0.717, 1.165) is 5.56 Å². The zero-order valence-corrected chi connectivity index (χ0v) is 19.2. The van der Waals surface area contributed by atoms with E-state index in [0.29, 0.717) is 33.0 Å². The van der Waals surface area contributed by atoms with Gasteiger partial charge in [0.25, 0.3) is 0 Å². The number of rotatable bonds is 6. The van der Waals surface area contributed by atoms with Crippen LogP contribution in [0.15, 0.2) is 66.0 Å². The summed E-state index contributed by atoms with van der Waals surface area (Å²) in [7, 11) is 0. The second-order valence-corrected chi connectivity index (χ2v) is 9.20. The summed E-state index contributed by atoms with van der Waals surface area (Å²) in [5.41, 5.74) is 6.73. The number of anilines is 2. The first kappa shape index (κ1) is 22.1. The first-order chi connectivity index (χ1) is 15.3. The van der Waals surface area contributed by atoms with Crippen molar-refractivity contribution in [2.75, 3.05) is 9.80 Å². The van der Waals surface area contributed by atoms with Gasteiger partial charge in [0.2, 0.25) is 5.91 Å². The van der Waals surface area contributed by atoms with Gasteiger partial charge in [0.05, 0.1) is 17.3 Å². The van der Waals surface area contributed by atoms with Crippen molar-refractivity contribution in [1.29, 1.82) is 0 Å². The monoisotopic (exact) mass is 467 g/mol. The second-order valence-electron chi connectivity index (χ2n) is 7.85. The van der Waals surface area contributed by atoms with Gasteiger partial charge in [0.15, 0.2) is 5.16 Å². The highest BCUT2D eigenvalue weighted by Crippen LogP contribution is 2.38. The Labute approximate surface area is 195 Å². The smallest absolute Gasteiger partial charge is 0.331 e. The van der Waals surface area contributed by atoms with Crippen LogP contribution in [-0.2, 0) is 17.1 Å². The Morgan fingerprint density at radius 3 is 2.53 bits per heavy atom. The Morgan fingerprint density at radius 2 is 1.84 bits per heavy atom. The molecule has 2 N–H and O–H groups in total. The summed E-state index contributed by atoms with van der Waals surface area (Å²) in [5.74, 6) is 0.418. The summed E-state index contributed by atoms with van der Waals surface area (Å²) in [6.45, 7) is 3.44. The lowest BCUT2D eigenvalue weighted by Crippen LogP contribution is -2.62. The molecule has 1 aliphatic heterocycles. The summed E-state index contributed by atoms with van der Waals surface area (Å²) < 4.78 is 0. The summed E-state index contributed by atoms with van der Waals surface area (Å²) >= 11 is 7.82. The van der Waals surface area contributed by atoms with Crippen LogP contribution in [0.5, 0.6) is 0 Å². The van der Waals surface area contributed by atoms with E-state index in [1.165, 1.54) is 21.6 Å². The number of nitrogens with two attached hydrogens (primary N) is 1. The third kappa shape index (κ3) is 4.16. The summed E-state index contributed by atoms with van der Waals surface area (Å²) in [4.78, 5) is 37.9. The lowest BCUT2D eigenvalue weighted by Gasteiger charge is -2.43. The van der Waals surface area contributed by atoms with Crippen LogP contribution in [0, 0.1) is 0 Å². The van der Waals surface area contributed by atoms with Crippen molar-refractivity contribution >= 4 is 46.8 Å². The number of benzene rings is 2. The minimum Gasteiger partial charge on any atom is -0.368 e. The maximum absolute atomic E-state index is 13.6. The number of primary amides is 1. The molecule has 0 unspecified atom stereocenters. The fraction of sp³-hybridized carbons (Fsp3) is 0.217. The molecule has 0 saturated heterocycles. The third-order valence-electron chi connectivity index (χ3n) is 5.30. The Bertz CT molecular complexity index is 1170. The third-order valence-corrected chi connectivity index (χ3v) is 6.55. The van der Waals surface area contributed by atoms with E-state index in [1.807, 2.05) is 30.3 Å². The van der Waals surface area contributed by atoms with Crippen LogP contribution in [0.2, 0.25) is 5.02 Å². The van der Waals surface area contributed by atoms with E-state index >= 15 is 0 Å². The lowest BCUT2D eigenvalue weighted by molar-refractivity contribution is -0.121. The molecule has 2 heterocycles. The number of para-hydroxylation sites is 1. The summed E-state index contributed by atoms with van der Waals surface area (Å²) in [5, 5.41) is 0.939. The molecule has 2 aromatic carbocycles. The maximum atomic E-state index is 13.6. The molecule has 0 saturated carbocycles. The normalized spacial score (nSPS) is 13.8. The zero-order chi connectivity index (χ0) is 22.9. The predicted octanol–water partition coefficient (Wildman–Crippen LogP) is 4.63. The molecule has 32 heavy (non-hydrogen) atoms. The first-order valence-electron chi connectivity index (χ1n) is 9.98. The number of carbonyl (C=O) groups is 2. The number of amides is 3. The van der Waals surface area contributed by atoms with Crippen LogP contribution in [0.3, 0.4) is 0 Å². The average molecular weight is 468 g/mol. The van der Waals surface area contributed by atoms with Gasteiger partial charge in [-0.05, 0) is 31.5 Å². The second kappa shape index (κ2) is 8.80. The fourth-order valence-electron chi connectivity index (χ4n) is 3.40. The molecule has 7 nitrogen and oxygen atoms in total. The van der Waals surface area contributed by atoms with Crippen LogP contribution in [-0.4, -0.2) is 27.4 Å². The molecule has 3 aromatic rings. The van der Waals surface area contributed by atoms with Gasteiger partial charge in [-0.2, -0.15) is 0 Å². The Kier molecular flexibility index (Phi) is 6.08. The van der Waals surface area contributed by atoms with Crippen molar-refractivity contribution in [3.05, 3.63) is 76.9 Å². The van der Waals surface area contributed by atoms with Gasteiger partial charge in [0.1, 0.15) is 11.4 Å². The zero-order valence-electron chi connectivity index (χ0n) is 17.7. The Hall–Kier alpha value is -3.10. The van der Waals surface area contributed by atoms with Crippen LogP contribution in [0.25, 0.3) is 0 Å². The Morgan fingerprint density at radius 1 is 1.16 bits per heavy atom. The topological polar surface area (TPSA) is 92.4 Å². The molecule has 0 aliphatic carbocycles. The van der Waals surface area contributed by atoms with Crippen LogP contribution >= 0.6 is 23.4 Å². The molecule has 1 aromatic heterocycles. The van der Waals surface area contributed by atoms with Crippen molar-refractivity contribution in [2.45, 2.75) is 36.8 Å². The SMILES string of the molecule is CC(C)(C(N)=O)N1C(=O)N(c2ccccc2Cl)Cc2cnc(SCc3ccccc3)nc21. The number of carbonyl (C=O) groups excluding carboxylic acids is 2. The van der Waals surface area contributed by atoms with E-state index in [1.54, 1.807) is 44.3 Å². The van der Waals surface area contributed by atoms with Crippen LogP contribution < -0.4 is 15.5 Å². The van der Waals surface area contributed by atoms with E-state index in [-0.39, 0.29) is 6.54 Å². The van der Waals surface area contributed by atoms with Gasteiger partial charge >= 0.3 is 6.03 Å². The summed E-state index contributed by atoms with van der Waals surface area (Å²) in [6, 6.07) is 16.6. The molecule has 0 fully saturated rings. The molecular weight excluding hydrogens is 446 g/mol. The van der Waals surface area contributed by atoms with Crippen LogP contribution in [0.1, 0.15) is 25.0 Å². The Balaban J connectivity index is 1.74. The number of aromatic nitrogens is 2. The number of halogens is 1. The average Bonchev–Trinajstić information content (AvgIpc) is 2.78. The minimum absolute atomic E-state index is 0.229. The minimum atomic E-state index is -1.32. The molecule has 0 bridgehead atoms. The van der Waals surface area contributed by atoms with Crippen LogP contribution in [0.4, 0.5) is 16.3 Å². The number of nitrogens with zero attached hydrogens (tertiary/aromatic N) is 4. The predicted molar refractivity (Wildman–Crippen MR) is 127 cm³/mol. The molecule has 9 heteroatoms.